The summed E-state index contributed by atoms with van der Waals surface area (Å²) in [7, 11) is 0. The van der Waals surface area contributed by atoms with Gasteiger partial charge in [-0.05, 0) is 19.8 Å². The van der Waals surface area contributed by atoms with Gasteiger partial charge in [0, 0.05) is 6.42 Å². The number of aliphatic hydroxyl groups is 2. The first-order chi connectivity index (χ1) is 5.61. The van der Waals surface area contributed by atoms with E-state index in [0.29, 0.717) is 0 Å². The molecule has 1 saturated carbocycles. The average molecular weight is 169 g/mol. The molecule has 1 rings (SSSR count). The lowest BCUT2D eigenvalue weighted by Gasteiger charge is -2.35. The summed E-state index contributed by atoms with van der Waals surface area (Å²) in [5.74, 6) is 0. The normalized spacial score (nSPS) is 36.4. The van der Waals surface area contributed by atoms with Gasteiger partial charge in [0.2, 0.25) is 6.04 Å². The van der Waals surface area contributed by atoms with Crippen LogP contribution in [-0.2, 0) is 0 Å². The van der Waals surface area contributed by atoms with Gasteiger partial charge in [-0.2, -0.15) is 0 Å². The van der Waals surface area contributed by atoms with Crippen molar-refractivity contribution in [2.45, 2.75) is 44.9 Å². The van der Waals surface area contributed by atoms with Crippen molar-refractivity contribution in [3.63, 3.8) is 0 Å². The van der Waals surface area contributed by atoms with Gasteiger partial charge < -0.3 is 15.1 Å². The third-order valence-corrected chi connectivity index (χ3v) is 2.95. The van der Waals surface area contributed by atoms with Gasteiger partial charge in [0.1, 0.15) is 0 Å². The maximum absolute atomic E-state index is 9.15. The van der Waals surface area contributed by atoms with Crippen LogP contribution in [0.3, 0.4) is 0 Å². The summed E-state index contributed by atoms with van der Waals surface area (Å²) in [6.07, 6.45) is 2.24. The molecule has 2 atom stereocenters. The monoisotopic (exact) mass is 169 g/mol. The molecule has 0 aromatic carbocycles. The van der Waals surface area contributed by atoms with Gasteiger partial charge in [0.05, 0.1) is 5.41 Å². The largest absolute Gasteiger partial charge is 0.367 e. The molecule has 0 spiro atoms. The van der Waals surface area contributed by atoms with Crippen LogP contribution in [0.5, 0.6) is 0 Å². The predicted molar refractivity (Wildman–Crippen MR) is 45.2 cm³/mol. The molecular formula is C9H15NO2. The molecule has 1 aliphatic carbocycles. The number of nitrogens with zero attached hydrogens (tertiary/aromatic N) is 1. The predicted octanol–water partition coefficient (Wildman–Crippen LogP) is 1.17. The number of rotatable bonds is 1. The van der Waals surface area contributed by atoms with Gasteiger partial charge in [-0.25, -0.2) is 6.57 Å². The lowest BCUT2D eigenvalue weighted by Crippen LogP contribution is -2.43. The zero-order chi connectivity index (χ0) is 9.19. The lowest BCUT2D eigenvalue weighted by molar-refractivity contribution is -0.142. The van der Waals surface area contributed by atoms with Crippen molar-refractivity contribution >= 4 is 0 Å². The molecule has 12 heavy (non-hydrogen) atoms. The molecular weight excluding hydrogens is 154 g/mol. The quantitative estimate of drug-likeness (QED) is 0.457. The molecule has 0 bridgehead atoms. The zero-order valence-corrected chi connectivity index (χ0v) is 7.32. The van der Waals surface area contributed by atoms with Crippen molar-refractivity contribution in [1.29, 1.82) is 0 Å². The maximum atomic E-state index is 9.15. The van der Waals surface area contributed by atoms with E-state index in [0.717, 1.165) is 25.7 Å². The molecule has 0 aromatic rings. The van der Waals surface area contributed by atoms with Crippen LogP contribution in [-0.4, -0.2) is 22.5 Å². The highest BCUT2D eigenvalue weighted by molar-refractivity contribution is 4.98. The molecule has 3 nitrogen and oxygen atoms in total. The van der Waals surface area contributed by atoms with Gasteiger partial charge in [0.15, 0.2) is 6.29 Å². The third-order valence-electron chi connectivity index (χ3n) is 2.95. The Morgan fingerprint density at radius 3 is 2.58 bits per heavy atom. The standard InChI is InChI=1S/C9H15NO2/c1-9(8(11)12)6-4-3-5-7(9)10-2/h7-8,11-12H,3-6H2,1H3. The first-order valence-electron chi connectivity index (χ1n) is 4.34. The fourth-order valence-electron chi connectivity index (χ4n) is 1.85. The van der Waals surface area contributed by atoms with E-state index in [1.165, 1.54) is 0 Å². The Morgan fingerprint density at radius 2 is 2.17 bits per heavy atom. The molecule has 0 aromatic heterocycles. The minimum Gasteiger partial charge on any atom is -0.367 e. The van der Waals surface area contributed by atoms with E-state index < -0.39 is 11.7 Å². The number of hydrogen-bond donors (Lipinski definition) is 2. The van der Waals surface area contributed by atoms with E-state index >= 15 is 0 Å². The second-order valence-corrected chi connectivity index (χ2v) is 3.77. The van der Waals surface area contributed by atoms with Crippen molar-refractivity contribution < 1.29 is 10.2 Å². The molecule has 1 fully saturated rings. The Hall–Kier alpha value is -0.590. The minimum atomic E-state index is -1.35. The average Bonchev–Trinajstić information content (AvgIpc) is 2.05. The number of hydrogen-bond acceptors (Lipinski definition) is 2. The third kappa shape index (κ3) is 1.45. The summed E-state index contributed by atoms with van der Waals surface area (Å²) in [5.41, 5.74) is -0.597. The van der Waals surface area contributed by atoms with Crippen molar-refractivity contribution in [2.24, 2.45) is 5.41 Å². The van der Waals surface area contributed by atoms with Crippen LogP contribution in [0.1, 0.15) is 32.6 Å². The molecule has 0 amide bonds. The summed E-state index contributed by atoms with van der Waals surface area (Å²) in [6, 6.07) is -0.216. The van der Waals surface area contributed by atoms with Crippen molar-refractivity contribution in [2.75, 3.05) is 0 Å². The van der Waals surface area contributed by atoms with Crippen LogP contribution in [0.25, 0.3) is 4.85 Å². The van der Waals surface area contributed by atoms with Gasteiger partial charge in [-0.15, -0.1) is 0 Å². The number of aliphatic hydroxyl groups excluding tert-OH is 1. The van der Waals surface area contributed by atoms with E-state index in [4.69, 9.17) is 16.8 Å². The fourth-order valence-corrected chi connectivity index (χ4v) is 1.85. The van der Waals surface area contributed by atoms with Crippen molar-refractivity contribution in [1.82, 2.24) is 0 Å². The fraction of sp³-hybridized carbons (Fsp3) is 0.889. The molecule has 2 unspecified atom stereocenters. The van der Waals surface area contributed by atoms with Crippen LogP contribution in [0.4, 0.5) is 0 Å². The Balaban J connectivity index is 2.77. The van der Waals surface area contributed by atoms with Crippen molar-refractivity contribution in [3.8, 4) is 0 Å². The topological polar surface area (TPSA) is 44.8 Å². The molecule has 3 heteroatoms. The van der Waals surface area contributed by atoms with Crippen molar-refractivity contribution in [3.05, 3.63) is 11.4 Å². The first-order valence-corrected chi connectivity index (χ1v) is 4.34. The second kappa shape index (κ2) is 3.42. The summed E-state index contributed by atoms with van der Waals surface area (Å²) in [5, 5.41) is 18.3. The smallest absolute Gasteiger partial charge is 0.233 e. The highest BCUT2D eigenvalue weighted by atomic mass is 16.5. The molecule has 0 aliphatic heterocycles. The van der Waals surface area contributed by atoms with E-state index in [9.17, 15) is 0 Å². The summed E-state index contributed by atoms with van der Waals surface area (Å²) in [4.78, 5) is 3.45. The Labute approximate surface area is 72.8 Å². The Morgan fingerprint density at radius 1 is 1.50 bits per heavy atom. The van der Waals surface area contributed by atoms with E-state index in [1.54, 1.807) is 6.92 Å². The highest BCUT2D eigenvalue weighted by Crippen LogP contribution is 2.40. The van der Waals surface area contributed by atoms with Crippen LogP contribution in [0.2, 0.25) is 0 Å². The molecule has 0 heterocycles. The molecule has 2 N–H and O–H groups in total. The minimum absolute atomic E-state index is 0.216. The van der Waals surface area contributed by atoms with Gasteiger partial charge in [-0.3, -0.25) is 0 Å². The first kappa shape index (κ1) is 9.50. The zero-order valence-electron chi connectivity index (χ0n) is 7.32. The van der Waals surface area contributed by atoms with Crippen LogP contribution < -0.4 is 0 Å². The van der Waals surface area contributed by atoms with Crippen LogP contribution in [0, 0.1) is 12.0 Å². The highest BCUT2D eigenvalue weighted by Gasteiger charge is 2.46. The van der Waals surface area contributed by atoms with Crippen LogP contribution in [0.15, 0.2) is 0 Å². The summed E-state index contributed by atoms with van der Waals surface area (Å²) < 4.78 is 0. The van der Waals surface area contributed by atoms with E-state index in [1.807, 2.05) is 0 Å². The molecule has 1 aliphatic rings. The van der Waals surface area contributed by atoms with E-state index in [-0.39, 0.29) is 6.04 Å². The SMILES string of the molecule is [C-]#[N+]C1CCCCC1(C)C(O)O. The second-order valence-electron chi connectivity index (χ2n) is 3.77. The van der Waals surface area contributed by atoms with Crippen LogP contribution >= 0.6 is 0 Å². The van der Waals surface area contributed by atoms with Gasteiger partial charge in [0.25, 0.3) is 0 Å². The summed E-state index contributed by atoms with van der Waals surface area (Å²) in [6.45, 7) is 8.74. The lowest BCUT2D eigenvalue weighted by atomic mass is 9.71. The van der Waals surface area contributed by atoms with Gasteiger partial charge in [-0.1, -0.05) is 6.42 Å². The Kier molecular flexibility index (Phi) is 2.71. The molecule has 0 saturated heterocycles. The summed E-state index contributed by atoms with van der Waals surface area (Å²) >= 11 is 0. The van der Waals surface area contributed by atoms with Gasteiger partial charge >= 0.3 is 0 Å². The molecule has 0 radical (unpaired) electrons. The molecule has 68 valence electrons. The van der Waals surface area contributed by atoms with E-state index in [2.05, 4.69) is 4.85 Å². The maximum Gasteiger partial charge on any atom is 0.233 e. The Bertz CT molecular complexity index is 197.